The Kier molecular flexibility index (Phi) is 15.6. The number of methoxy groups -OCH3 is 5. The molecule has 0 atom stereocenters. The predicted octanol–water partition coefficient (Wildman–Crippen LogP) is 9.01. The zero-order chi connectivity index (χ0) is 47.2. The third kappa shape index (κ3) is 11.8. The van der Waals surface area contributed by atoms with Gasteiger partial charge in [-0.2, -0.15) is 0 Å². The Balaban J connectivity index is 0.953. The first-order valence-corrected chi connectivity index (χ1v) is 19.9. The molecule has 1 N–H and O–H groups in total. The van der Waals surface area contributed by atoms with Gasteiger partial charge < -0.3 is 57.4 Å². The summed E-state index contributed by atoms with van der Waals surface area (Å²) >= 11 is 0. The third-order valence-corrected chi connectivity index (χ3v) is 9.27. The number of hydrogen-bond donors (Lipinski definition) is 1. The molecule has 0 aliphatic rings. The molecule has 0 aliphatic carbocycles. The van der Waals surface area contributed by atoms with Gasteiger partial charge in [0.25, 0.3) is 5.91 Å². The number of carbonyl (C=O) groups excluding carboxylic acids is 5. The SMILES string of the molecule is CCCOc1cc(OC)c(C(=O)Oc2ccc(C(=O)Oc3ccc(OC(=O)Oc4ccc(OC(=O)c5ccc(NC(=O)c6cc(OC)c(OC)cc6OC)cc5)cc4)cc3)cc2)cc1OC. The number of anilines is 1. The van der Waals surface area contributed by atoms with E-state index in [4.69, 9.17) is 52.1 Å². The number of hydrogen-bond acceptors (Lipinski definition) is 16. The van der Waals surface area contributed by atoms with Crippen LogP contribution in [0.25, 0.3) is 0 Å². The molecule has 0 fully saturated rings. The molecule has 66 heavy (non-hydrogen) atoms. The van der Waals surface area contributed by atoms with Gasteiger partial charge in [0.2, 0.25) is 0 Å². The summed E-state index contributed by atoms with van der Waals surface area (Å²) < 4.78 is 59.2. The Hall–Kier alpha value is -8.73. The number of amides is 1. The molecule has 0 unspecified atom stereocenters. The van der Waals surface area contributed by atoms with Crippen molar-refractivity contribution in [2.45, 2.75) is 13.3 Å². The lowest BCUT2D eigenvalue weighted by Gasteiger charge is -2.15. The van der Waals surface area contributed by atoms with Crippen LogP contribution in [-0.4, -0.2) is 72.1 Å². The quantitative estimate of drug-likeness (QED) is 0.0486. The fourth-order valence-corrected chi connectivity index (χ4v) is 5.97. The lowest BCUT2D eigenvalue weighted by atomic mass is 10.1. The summed E-state index contributed by atoms with van der Waals surface area (Å²) in [5.41, 5.74) is 1.10. The molecule has 1 amide bonds. The smallest absolute Gasteiger partial charge is 0.496 e. The Morgan fingerprint density at radius 2 is 0.773 bits per heavy atom. The second-order valence-electron chi connectivity index (χ2n) is 13.6. The summed E-state index contributed by atoms with van der Waals surface area (Å²) in [6, 6.07) is 29.1. The van der Waals surface area contributed by atoms with Crippen LogP contribution in [0, 0.1) is 0 Å². The van der Waals surface area contributed by atoms with Gasteiger partial charge in [-0.3, -0.25) is 4.79 Å². The number of benzene rings is 6. The molecule has 340 valence electrons. The zero-order valence-corrected chi connectivity index (χ0v) is 36.5. The highest BCUT2D eigenvalue weighted by Crippen LogP contribution is 2.37. The molecule has 17 heteroatoms. The van der Waals surface area contributed by atoms with E-state index in [1.807, 2.05) is 6.92 Å². The van der Waals surface area contributed by atoms with Crippen molar-refractivity contribution in [1.29, 1.82) is 0 Å². The fourth-order valence-electron chi connectivity index (χ4n) is 5.97. The van der Waals surface area contributed by atoms with Gasteiger partial charge in [0.1, 0.15) is 45.8 Å². The summed E-state index contributed by atoms with van der Waals surface area (Å²) in [6.45, 7) is 2.41. The average molecular weight is 902 g/mol. The van der Waals surface area contributed by atoms with Gasteiger partial charge in [-0.05, 0) is 103 Å². The molecule has 6 aromatic carbocycles. The first-order chi connectivity index (χ1) is 31.9. The average Bonchev–Trinajstić information content (AvgIpc) is 3.34. The maximum Gasteiger partial charge on any atom is 0.519 e. The highest BCUT2D eigenvalue weighted by Gasteiger charge is 2.22. The maximum atomic E-state index is 13.0. The molecule has 6 aromatic rings. The molecule has 0 aromatic heterocycles. The van der Waals surface area contributed by atoms with Crippen LogP contribution in [-0.2, 0) is 0 Å². The van der Waals surface area contributed by atoms with Crippen molar-refractivity contribution < 1.29 is 76.1 Å². The molecular formula is C49H43NO16. The summed E-state index contributed by atoms with van der Waals surface area (Å²) in [5, 5.41) is 2.75. The predicted molar refractivity (Wildman–Crippen MR) is 237 cm³/mol. The molecule has 0 saturated heterocycles. The van der Waals surface area contributed by atoms with Crippen molar-refractivity contribution >= 4 is 35.7 Å². The maximum absolute atomic E-state index is 13.0. The van der Waals surface area contributed by atoms with Crippen LogP contribution < -0.4 is 57.4 Å². The molecular weight excluding hydrogens is 859 g/mol. The van der Waals surface area contributed by atoms with Crippen molar-refractivity contribution in [1.82, 2.24) is 0 Å². The minimum absolute atomic E-state index is 0.0974. The lowest BCUT2D eigenvalue weighted by Crippen LogP contribution is -2.14. The summed E-state index contributed by atoms with van der Waals surface area (Å²) in [6.07, 6.45) is -0.282. The fraction of sp³-hybridized carbons (Fsp3) is 0.163. The standard InChI is InChI=1S/C49H43NO16/c1-7-24-61-44-28-40(57-3)38(26-42(44)59-5)48(54)64-32-14-10-30(11-15-32)47(53)63-34-18-22-36(23-19-34)66-49(55)65-35-20-16-33(17-21-35)62-46(52)29-8-12-31(13-9-29)50-45(51)37-25-41(58-4)43(60-6)27-39(37)56-2/h8-23,25-28H,7,24H2,1-6H3,(H,50,51). The zero-order valence-electron chi connectivity index (χ0n) is 36.5. The van der Waals surface area contributed by atoms with E-state index in [0.717, 1.165) is 6.42 Å². The van der Waals surface area contributed by atoms with E-state index in [1.165, 1.54) is 145 Å². The van der Waals surface area contributed by atoms with Crippen LogP contribution in [0.3, 0.4) is 0 Å². The number of esters is 3. The minimum Gasteiger partial charge on any atom is -0.496 e. The van der Waals surface area contributed by atoms with Crippen LogP contribution in [0.4, 0.5) is 10.5 Å². The van der Waals surface area contributed by atoms with Crippen molar-refractivity contribution in [3.05, 3.63) is 144 Å². The molecule has 17 nitrogen and oxygen atoms in total. The van der Waals surface area contributed by atoms with Crippen molar-refractivity contribution in [2.24, 2.45) is 0 Å². The summed E-state index contributed by atoms with van der Waals surface area (Å²) in [4.78, 5) is 64.3. The molecule has 0 radical (unpaired) electrons. The first kappa shape index (κ1) is 46.8. The van der Waals surface area contributed by atoms with Crippen LogP contribution in [0.2, 0.25) is 0 Å². The van der Waals surface area contributed by atoms with Gasteiger partial charge in [0.15, 0.2) is 23.0 Å². The van der Waals surface area contributed by atoms with Gasteiger partial charge in [-0.25, -0.2) is 19.2 Å². The highest BCUT2D eigenvalue weighted by atomic mass is 16.7. The summed E-state index contributed by atoms with van der Waals surface area (Å²) in [5.74, 6) is 0.136. The molecule has 0 aliphatic heterocycles. The van der Waals surface area contributed by atoms with E-state index in [2.05, 4.69) is 5.32 Å². The Morgan fingerprint density at radius 1 is 0.409 bits per heavy atom. The second-order valence-corrected chi connectivity index (χ2v) is 13.6. The van der Waals surface area contributed by atoms with E-state index in [1.54, 1.807) is 12.1 Å². The van der Waals surface area contributed by atoms with Crippen molar-refractivity contribution in [2.75, 3.05) is 47.5 Å². The number of carbonyl (C=O) groups is 5. The molecule has 0 saturated carbocycles. The lowest BCUT2D eigenvalue weighted by molar-refractivity contribution is 0.0722. The Labute approximate surface area is 378 Å². The monoisotopic (exact) mass is 901 g/mol. The summed E-state index contributed by atoms with van der Waals surface area (Å²) in [7, 11) is 7.23. The topological polar surface area (TPSA) is 199 Å². The van der Waals surface area contributed by atoms with Gasteiger partial charge in [-0.1, -0.05) is 6.92 Å². The van der Waals surface area contributed by atoms with Crippen LogP contribution in [0.15, 0.2) is 121 Å². The second kappa shape index (κ2) is 22.1. The molecule has 0 spiro atoms. The van der Waals surface area contributed by atoms with Gasteiger partial charge in [0.05, 0.1) is 58.8 Å². The molecule has 0 heterocycles. The Morgan fingerprint density at radius 3 is 1.24 bits per heavy atom. The van der Waals surface area contributed by atoms with Gasteiger partial charge >= 0.3 is 24.1 Å². The van der Waals surface area contributed by atoms with Crippen LogP contribution >= 0.6 is 0 Å². The van der Waals surface area contributed by atoms with E-state index >= 15 is 0 Å². The van der Waals surface area contributed by atoms with Gasteiger partial charge in [-0.15, -0.1) is 0 Å². The van der Waals surface area contributed by atoms with E-state index < -0.39 is 30.0 Å². The number of rotatable bonds is 18. The first-order valence-electron chi connectivity index (χ1n) is 19.9. The number of nitrogens with one attached hydrogen (secondary N) is 1. The third-order valence-electron chi connectivity index (χ3n) is 9.27. The van der Waals surface area contributed by atoms with E-state index in [-0.39, 0.29) is 62.5 Å². The Bertz CT molecular complexity index is 2680. The minimum atomic E-state index is -1.06. The van der Waals surface area contributed by atoms with E-state index in [0.29, 0.717) is 35.3 Å². The van der Waals surface area contributed by atoms with Crippen LogP contribution in [0.5, 0.6) is 63.2 Å². The van der Waals surface area contributed by atoms with E-state index in [9.17, 15) is 24.0 Å². The molecule has 0 bridgehead atoms. The highest BCUT2D eigenvalue weighted by molar-refractivity contribution is 6.07. The normalized spacial score (nSPS) is 10.4. The van der Waals surface area contributed by atoms with Crippen LogP contribution in [0.1, 0.15) is 54.8 Å². The number of ether oxygens (including phenoxy) is 11. The largest absolute Gasteiger partial charge is 0.519 e. The molecule has 6 rings (SSSR count). The van der Waals surface area contributed by atoms with Crippen molar-refractivity contribution in [3.8, 4) is 63.2 Å². The van der Waals surface area contributed by atoms with Gasteiger partial charge in [0, 0.05) is 30.0 Å². The van der Waals surface area contributed by atoms with Crippen molar-refractivity contribution in [3.63, 3.8) is 0 Å².